The predicted molar refractivity (Wildman–Crippen MR) is 70.7 cm³/mol. The third kappa shape index (κ3) is 2.46. The second kappa shape index (κ2) is 5.50. The van der Waals surface area contributed by atoms with Crippen LogP contribution in [-0.2, 0) is 4.79 Å². The SMILES string of the molecule is COc1ccc(C(=O)N2CCC(CO)(C(=O)O)C2)cc1. The van der Waals surface area contributed by atoms with Crippen molar-refractivity contribution < 1.29 is 24.5 Å². The minimum atomic E-state index is -1.23. The lowest BCUT2D eigenvalue weighted by atomic mass is 9.88. The van der Waals surface area contributed by atoms with Crippen LogP contribution in [0.1, 0.15) is 16.8 Å². The molecule has 6 heteroatoms. The van der Waals surface area contributed by atoms with Crippen molar-refractivity contribution in [2.75, 3.05) is 26.8 Å². The maximum atomic E-state index is 12.3. The number of amides is 1. The largest absolute Gasteiger partial charge is 0.497 e. The van der Waals surface area contributed by atoms with Crippen molar-refractivity contribution in [3.05, 3.63) is 29.8 Å². The van der Waals surface area contributed by atoms with Gasteiger partial charge < -0.3 is 19.8 Å². The number of rotatable bonds is 4. The van der Waals surface area contributed by atoms with Crippen molar-refractivity contribution in [3.63, 3.8) is 0 Å². The van der Waals surface area contributed by atoms with Crippen LogP contribution in [-0.4, -0.2) is 53.8 Å². The van der Waals surface area contributed by atoms with Crippen LogP contribution in [0.3, 0.4) is 0 Å². The number of carboxylic acids is 1. The molecule has 20 heavy (non-hydrogen) atoms. The first-order valence-electron chi connectivity index (χ1n) is 6.30. The Hall–Kier alpha value is -2.08. The summed E-state index contributed by atoms with van der Waals surface area (Å²) < 4.78 is 5.02. The summed E-state index contributed by atoms with van der Waals surface area (Å²) in [5, 5.41) is 18.5. The van der Waals surface area contributed by atoms with Gasteiger partial charge in [-0.3, -0.25) is 9.59 Å². The number of carbonyl (C=O) groups is 2. The zero-order chi connectivity index (χ0) is 14.8. The van der Waals surface area contributed by atoms with E-state index in [2.05, 4.69) is 0 Å². The maximum absolute atomic E-state index is 12.3. The minimum absolute atomic E-state index is 0.0314. The Labute approximate surface area is 116 Å². The summed E-state index contributed by atoms with van der Waals surface area (Å²) in [6, 6.07) is 6.64. The summed E-state index contributed by atoms with van der Waals surface area (Å²) in [5.41, 5.74) is -0.757. The number of carbonyl (C=O) groups excluding carboxylic acids is 1. The van der Waals surface area contributed by atoms with Gasteiger partial charge in [0.15, 0.2) is 0 Å². The molecule has 1 aliphatic rings. The molecule has 6 nitrogen and oxygen atoms in total. The molecular weight excluding hydrogens is 262 g/mol. The van der Waals surface area contributed by atoms with E-state index in [-0.39, 0.29) is 18.9 Å². The van der Waals surface area contributed by atoms with Crippen molar-refractivity contribution in [1.29, 1.82) is 0 Å². The average Bonchev–Trinajstić information content (AvgIpc) is 2.92. The monoisotopic (exact) mass is 279 g/mol. The third-order valence-corrected chi connectivity index (χ3v) is 3.73. The first-order valence-corrected chi connectivity index (χ1v) is 6.30. The smallest absolute Gasteiger partial charge is 0.313 e. The quantitative estimate of drug-likeness (QED) is 0.843. The van der Waals surface area contributed by atoms with Gasteiger partial charge in [-0.2, -0.15) is 0 Å². The highest BCUT2D eigenvalue weighted by Crippen LogP contribution is 2.31. The molecule has 0 bridgehead atoms. The Morgan fingerprint density at radius 2 is 2.00 bits per heavy atom. The highest BCUT2D eigenvalue weighted by Gasteiger charge is 2.45. The molecule has 0 saturated carbocycles. The molecule has 0 aromatic heterocycles. The number of hydrogen-bond acceptors (Lipinski definition) is 4. The number of hydrogen-bond donors (Lipinski definition) is 2. The van der Waals surface area contributed by atoms with E-state index in [1.165, 1.54) is 4.90 Å². The van der Waals surface area contributed by atoms with Crippen LogP contribution in [0.5, 0.6) is 5.75 Å². The molecule has 1 aliphatic heterocycles. The van der Waals surface area contributed by atoms with Gasteiger partial charge in [-0.1, -0.05) is 0 Å². The number of methoxy groups -OCH3 is 1. The molecule has 1 saturated heterocycles. The molecule has 1 unspecified atom stereocenters. The Balaban J connectivity index is 2.12. The Bertz CT molecular complexity index is 513. The van der Waals surface area contributed by atoms with E-state index < -0.39 is 18.0 Å². The van der Waals surface area contributed by atoms with Gasteiger partial charge in [0, 0.05) is 18.7 Å². The molecule has 1 amide bonds. The van der Waals surface area contributed by atoms with Gasteiger partial charge in [-0.05, 0) is 30.7 Å². The first kappa shape index (κ1) is 14.3. The molecule has 1 aromatic rings. The Morgan fingerprint density at radius 1 is 1.35 bits per heavy atom. The van der Waals surface area contributed by atoms with Crippen molar-refractivity contribution in [3.8, 4) is 5.75 Å². The molecular formula is C14H17NO5. The second-order valence-electron chi connectivity index (χ2n) is 4.95. The molecule has 2 N–H and O–H groups in total. The fraction of sp³-hybridized carbons (Fsp3) is 0.429. The van der Waals surface area contributed by atoms with E-state index in [4.69, 9.17) is 4.74 Å². The van der Waals surface area contributed by atoms with Gasteiger partial charge in [0.1, 0.15) is 11.2 Å². The van der Waals surface area contributed by atoms with Crippen LogP contribution in [0, 0.1) is 5.41 Å². The molecule has 1 heterocycles. The van der Waals surface area contributed by atoms with Gasteiger partial charge in [0.2, 0.25) is 0 Å². The van der Waals surface area contributed by atoms with Gasteiger partial charge in [-0.25, -0.2) is 0 Å². The van der Waals surface area contributed by atoms with E-state index in [0.29, 0.717) is 17.9 Å². The molecule has 1 aromatic carbocycles. The molecule has 2 rings (SSSR count). The van der Waals surface area contributed by atoms with Crippen LogP contribution in [0.25, 0.3) is 0 Å². The van der Waals surface area contributed by atoms with Crippen LogP contribution in [0.15, 0.2) is 24.3 Å². The molecule has 1 atom stereocenters. The van der Waals surface area contributed by atoms with E-state index >= 15 is 0 Å². The number of likely N-dealkylation sites (tertiary alicyclic amines) is 1. The normalized spacial score (nSPS) is 21.8. The van der Waals surface area contributed by atoms with Crippen molar-refractivity contribution in [2.45, 2.75) is 6.42 Å². The van der Waals surface area contributed by atoms with Crippen molar-refractivity contribution in [2.24, 2.45) is 5.41 Å². The van der Waals surface area contributed by atoms with Gasteiger partial charge in [-0.15, -0.1) is 0 Å². The average molecular weight is 279 g/mol. The summed E-state index contributed by atoms with van der Waals surface area (Å²) in [4.78, 5) is 25.0. The number of benzene rings is 1. The number of nitrogens with zero attached hydrogens (tertiary/aromatic N) is 1. The summed E-state index contributed by atoms with van der Waals surface area (Å²) in [6.07, 6.45) is 0.265. The lowest BCUT2D eigenvalue weighted by Gasteiger charge is -2.22. The summed E-state index contributed by atoms with van der Waals surface area (Å²) in [5.74, 6) is -0.646. The lowest BCUT2D eigenvalue weighted by Crippen LogP contribution is -2.39. The second-order valence-corrected chi connectivity index (χ2v) is 4.95. The van der Waals surface area contributed by atoms with Crippen LogP contribution < -0.4 is 4.74 Å². The summed E-state index contributed by atoms with van der Waals surface area (Å²) >= 11 is 0. The summed E-state index contributed by atoms with van der Waals surface area (Å²) in [7, 11) is 1.54. The summed E-state index contributed by atoms with van der Waals surface area (Å²) in [6.45, 7) is -0.101. The fourth-order valence-electron chi connectivity index (χ4n) is 2.33. The topological polar surface area (TPSA) is 87.1 Å². The van der Waals surface area contributed by atoms with Crippen LogP contribution >= 0.6 is 0 Å². The standard InChI is InChI=1S/C14H17NO5/c1-20-11-4-2-10(3-5-11)12(17)15-7-6-14(8-15,9-16)13(18)19/h2-5,16H,6-9H2,1H3,(H,18,19). The van der Waals surface area contributed by atoms with E-state index in [0.717, 1.165) is 0 Å². The van der Waals surface area contributed by atoms with Gasteiger partial charge in [0.05, 0.1) is 13.7 Å². The van der Waals surface area contributed by atoms with E-state index in [1.54, 1.807) is 31.4 Å². The number of ether oxygens (including phenoxy) is 1. The zero-order valence-electron chi connectivity index (χ0n) is 11.2. The van der Waals surface area contributed by atoms with Crippen LogP contribution in [0.4, 0.5) is 0 Å². The Kier molecular flexibility index (Phi) is 3.94. The highest BCUT2D eigenvalue weighted by molar-refractivity contribution is 5.95. The Morgan fingerprint density at radius 3 is 2.45 bits per heavy atom. The number of aliphatic hydroxyl groups is 1. The molecule has 1 fully saturated rings. The number of carboxylic acid groups (broad SMARTS) is 1. The zero-order valence-corrected chi connectivity index (χ0v) is 11.2. The van der Waals surface area contributed by atoms with Gasteiger partial charge >= 0.3 is 5.97 Å². The molecule has 0 aliphatic carbocycles. The van der Waals surface area contributed by atoms with E-state index in [1.807, 2.05) is 0 Å². The van der Waals surface area contributed by atoms with Crippen molar-refractivity contribution >= 4 is 11.9 Å². The molecule has 0 spiro atoms. The lowest BCUT2D eigenvalue weighted by molar-refractivity contribution is -0.150. The predicted octanol–water partition coefficient (Wildman–Crippen LogP) is 0.604. The van der Waals surface area contributed by atoms with E-state index in [9.17, 15) is 19.8 Å². The van der Waals surface area contributed by atoms with Gasteiger partial charge in [0.25, 0.3) is 5.91 Å². The number of aliphatic carboxylic acids is 1. The molecule has 0 radical (unpaired) electrons. The van der Waals surface area contributed by atoms with Crippen molar-refractivity contribution in [1.82, 2.24) is 4.90 Å². The first-order chi connectivity index (χ1) is 9.52. The molecule has 108 valence electrons. The fourth-order valence-corrected chi connectivity index (χ4v) is 2.33. The minimum Gasteiger partial charge on any atom is -0.497 e. The third-order valence-electron chi connectivity index (χ3n) is 3.73. The number of aliphatic hydroxyl groups excluding tert-OH is 1. The highest BCUT2D eigenvalue weighted by atomic mass is 16.5. The maximum Gasteiger partial charge on any atom is 0.313 e. The van der Waals surface area contributed by atoms with Crippen LogP contribution in [0.2, 0.25) is 0 Å².